The number of benzene rings is 1. The van der Waals surface area contributed by atoms with Gasteiger partial charge in [-0.1, -0.05) is 37.0 Å². The molecule has 1 aromatic carbocycles. The van der Waals surface area contributed by atoms with Crippen LogP contribution in [0.15, 0.2) is 107 Å². The lowest BCUT2D eigenvalue weighted by atomic mass is 9.69. The number of nitrogens with zero attached hydrogens (tertiary/aromatic N) is 2. The van der Waals surface area contributed by atoms with Gasteiger partial charge in [-0.15, -0.1) is 0 Å². The molecule has 0 saturated carbocycles. The number of anilines is 1. The molecule has 0 spiro atoms. The van der Waals surface area contributed by atoms with Crippen LogP contribution in [0.25, 0.3) is 0 Å². The number of carboxylic acids is 1. The van der Waals surface area contributed by atoms with Gasteiger partial charge in [-0.05, 0) is 93.4 Å². The molecule has 368 valence electrons. The summed E-state index contributed by atoms with van der Waals surface area (Å²) in [7, 11) is 0.111. The molecule has 0 radical (unpaired) electrons. The van der Waals surface area contributed by atoms with E-state index in [-0.39, 0.29) is 36.5 Å². The summed E-state index contributed by atoms with van der Waals surface area (Å²) < 4.78 is 109. The molecule has 4 unspecified atom stereocenters. The smallest absolute Gasteiger partial charge is 0.303 e. The predicted octanol–water partition coefficient (Wildman–Crippen LogP) is 6.54. The lowest BCUT2D eigenvalue weighted by Gasteiger charge is -2.34. The standard InChI is InChI=1S/C46H66N2O14S4/c1-37-35-39(66(55,56)62-8)24-29-47(28-16-12-15-21-44(49)50)43(46(37,27-31-57-3)26-18-34-65(53,54)61-7)20-14-11-9-10-13-19-42-45(2,25-17-33-63(51)59-5)40-36-38(64(52)60-6)22-23-41(40)48(42)30-32-58-4/h9-11,13-14,19-20,22-24,29,35-36H,1,12,15-18,21,25-28,30-34H2,2-8H3/p+1/b29-24-,39-35+. The van der Waals surface area contributed by atoms with Gasteiger partial charge in [-0.3, -0.25) is 21.5 Å². The molecule has 0 fully saturated rings. The zero-order valence-corrected chi connectivity index (χ0v) is 42.4. The lowest BCUT2D eigenvalue weighted by Crippen LogP contribution is -2.39. The van der Waals surface area contributed by atoms with Gasteiger partial charge < -0.3 is 19.5 Å². The highest BCUT2D eigenvalue weighted by Crippen LogP contribution is 2.51. The van der Waals surface area contributed by atoms with Gasteiger partial charge in [-0.2, -0.15) is 16.8 Å². The van der Waals surface area contributed by atoms with Crippen molar-refractivity contribution in [2.24, 2.45) is 5.41 Å². The molecule has 0 bridgehead atoms. The van der Waals surface area contributed by atoms with E-state index in [1.54, 1.807) is 26.5 Å². The Bertz CT molecular complexity index is 2330. The van der Waals surface area contributed by atoms with Crippen LogP contribution in [0, 0.1) is 5.41 Å². The van der Waals surface area contributed by atoms with E-state index in [2.05, 4.69) is 18.4 Å². The van der Waals surface area contributed by atoms with E-state index < -0.39 is 59.2 Å². The van der Waals surface area contributed by atoms with E-state index in [9.17, 15) is 35.2 Å². The number of carboxylic acid groups (broad SMARTS) is 1. The molecule has 0 aromatic heterocycles. The Kier molecular flexibility index (Phi) is 23.5. The Hall–Kier alpha value is -3.70. The topological polar surface area (TPSA) is 201 Å². The Labute approximate surface area is 397 Å². The van der Waals surface area contributed by atoms with E-state index in [0.717, 1.165) is 31.2 Å². The Morgan fingerprint density at radius 2 is 1.58 bits per heavy atom. The van der Waals surface area contributed by atoms with Crippen molar-refractivity contribution >= 4 is 59.8 Å². The zero-order chi connectivity index (χ0) is 49.0. The van der Waals surface area contributed by atoms with Gasteiger partial charge >= 0.3 is 5.97 Å². The summed E-state index contributed by atoms with van der Waals surface area (Å²) in [6.45, 7) is 8.06. The van der Waals surface area contributed by atoms with Crippen molar-refractivity contribution in [2.45, 2.75) is 75.0 Å². The first-order valence-corrected chi connectivity index (χ1v) is 26.8. The van der Waals surface area contributed by atoms with Gasteiger partial charge in [0.15, 0.2) is 34.1 Å². The lowest BCUT2D eigenvalue weighted by molar-refractivity contribution is -0.461. The number of fused-ring (bicyclic) bond motifs is 1. The first-order chi connectivity index (χ1) is 31.4. The maximum atomic E-state index is 13.1. The number of hydrogen-bond donors (Lipinski definition) is 1. The molecule has 2 aliphatic heterocycles. The summed E-state index contributed by atoms with van der Waals surface area (Å²) in [6, 6.07) is 5.63. The summed E-state index contributed by atoms with van der Waals surface area (Å²) in [5, 5.41) is 9.23. The SMILES string of the molecule is C=C1\C=C(S(=O)(=O)OC)/C=C\[N+](CCCCCC(=O)O)=C(\C=C\C=C\C=C\C=C2\N(CCOC)c3ccc(S(=O)OC)cc3C2(C)CCCS(=O)OC)C1(CCCS(=O)(=O)OC)CCOC. The van der Waals surface area contributed by atoms with Crippen LogP contribution in [0.3, 0.4) is 0 Å². The van der Waals surface area contributed by atoms with E-state index >= 15 is 0 Å². The fourth-order valence-electron chi connectivity index (χ4n) is 8.12. The number of ether oxygens (including phenoxy) is 2. The minimum Gasteiger partial charge on any atom is -0.481 e. The Balaban J connectivity index is 2.18. The summed E-state index contributed by atoms with van der Waals surface area (Å²) in [5.41, 5.74) is 2.33. The van der Waals surface area contributed by atoms with E-state index in [1.807, 2.05) is 59.2 Å². The van der Waals surface area contributed by atoms with Crippen LogP contribution in [0.2, 0.25) is 0 Å². The maximum absolute atomic E-state index is 13.1. The van der Waals surface area contributed by atoms with Crippen molar-refractivity contribution in [3.63, 3.8) is 0 Å². The molecule has 3 rings (SSSR count). The molecule has 20 heteroatoms. The molecule has 16 nitrogen and oxygen atoms in total. The van der Waals surface area contributed by atoms with Crippen LogP contribution < -0.4 is 4.90 Å². The molecule has 0 aliphatic carbocycles. The highest BCUT2D eigenvalue weighted by molar-refractivity contribution is 7.91. The molecule has 2 heterocycles. The molecule has 1 aromatic rings. The predicted molar refractivity (Wildman–Crippen MR) is 259 cm³/mol. The number of rotatable bonds is 30. The quantitative estimate of drug-likeness (QED) is 0.0376. The van der Waals surface area contributed by atoms with Gasteiger partial charge in [0.25, 0.3) is 20.2 Å². The largest absolute Gasteiger partial charge is 0.481 e. The second kappa shape index (κ2) is 27.3. The highest BCUT2D eigenvalue weighted by Gasteiger charge is 2.45. The van der Waals surface area contributed by atoms with Gasteiger partial charge in [0, 0.05) is 74.9 Å². The number of unbranched alkanes of at least 4 members (excludes halogenated alkanes) is 2. The van der Waals surface area contributed by atoms with Crippen molar-refractivity contribution in [2.75, 3.05) is 85.4 Å². The second-order valence-electron chi connectivity index (χ2n) is 15.7. The molecule has 1 N–H and O–H groups in total. The minimum atomic E-state index is -4.20. The third-order valence-electron chi connectivity index (χ3n) is 11.6. The van der Waals surface area contributed by atoms with Crippen LogP contribution in [0.5, 0.6) is 0 Å². The summed E-state index contributed by atoms with van der Waals surface area (Å²) in [6.07, 6.45) is 21.2. The normalized spacial score (nSPS) is 23.4. The molecular weight excluding hydrogens is 933 g/mol. The molecule has 66 heavy (non-hydrogen) atoms. The zero-order valence-electron chi connectivity index (χ0n) is 39.1. The van der Waals surface area contributed by atoms with Crippen LogP contribution in [0.4, 0.5) is 5.69 Å². The van der Waals surface area contributed by atoms with Crippen molar-refractivity contribution < 1.29 is 65.9 Å². The monoisotopic (exact) mass is 999 g/mol. The van der Waals surface area contributed by atoms with E-state index in [0.29, 0.717) is 80.2 Å². The van der Waals surface area contributed by atoms with Gasteiger partial charge in [0.1, 0.15) is 11.4 Å². The average Bonchev–Trinajstić information content (AvgIpc) is 3.52. The van der Waals surface area contributed by atoms with E-state index in [1.165, 1.54) is 26.4 Å². The van der Waals surface area contributed by atoms with Crippen LogP contribution >= 0.6 is 0 Å². The molecule has 4 atom stereocenters. The number of methoxy groups -OCH3 is 2. The number of aliphatic carboxylic acids is 1. The van der Waals surface area contributed by atoms with Crippen molar-refractivity contribution in [1.82, 2.24) is 0 Å². The summed E-state index contributed by atoms with van der Waals surface area (Å²) in [5.74, 6) is -0.852. The molecule has 0 saturated heterocycles. The Morgan fingerprint density at radius 1 is 0.864 bits per heavy atom. The van der Waals surface area contributed by atoms with Crippen molar-refractivity contribution in [1.29, 1.82) is 0 Å². The third kappa shape index (κ3) is 15.7. The molecular formula is C46H67N2O14S4+. The van der Waals surface area contributed by atoms with E-state index in [4.69, 9.17) is 26.2 Å². The fourth-order valence-corrected chi connectivity index (χ4v) is 10.6. The highest BCUT2D eigenvalue weighted by atomic mass is 32.2. The average molecular weight is 1000 g/mol. The first-order valence-electron chi connectivity index (χ1n) is 21.5. The fraction of sp³-hybridized carbons (Fsp3) is 0.522. The third-order valence-corrected chi connectivity index (χ3v) is 16.1. The number of allylic oxidation sites excluding steroid dienone is 11. The van der Waals surface area contributed by atoms with Gasteiger partial charge in [0.2, 0.25) is 0 Å². The van der Waals surface area contributed by atoms with Crippen LogP contribution in [-0.2, 0) is 78.8 Å². The second-order valence-corrected chi connectivity index (χ2v) is 21.9. The molecule has 2 aliphatic rings. The molecule has 0 amide bonds. The van der Waals surface area contributed by atoms with Crippen LogP contribution in [0.1, 0.15) is 70.3 Å². The first kappa shape index (κ1) is 56.6. The number of carbonyl (C=O) groups is 1. The van der Waals surface area contributed by atoms with Gasteiger partial charge in [-0.25, -0.2) is 13.0 Å². The van der Waals surface area contributed by atoms with Gasteiger partial charge in [0.05, 0.1) is 51.1 Å². The number of hydrogen-bond acceptors (Lipinski definition) is 14. The summed E-state index contributed by atoms with van der Waals surface area (Å²) in [4.78, 5) is 13.8. The van der Waals surface area contributed by atoms with Crippen LogP contribution in [-0.4, -0.2) is 127 Å². The van der Waals surface area contributed by atoms with Crippen molar-refractivity contribution in [3.8, 4) is 0 Å². The maximum Gasteiger partial charge on any atom is 0.303 e. The van der Waals surface area contributed by atoms with Crippen molar-refractivity contribution in [3.05, 3.63) is 107 Å². The minimum absolute atomic E-state index is 0.00809. The summed E-state index contributed by atoms with van der Waals surface area (Å²) >= 11 is -3.10. The Morgan fingerprint density at radius 3 is 2.23 bits per heavy atom.